The maximum absolute atomic E-state index is 4.84. The van der Waals surface area contributed by atoms with Crippen LogP contribution in [0.15, 0.2) is 5.51 Å². The van der Waals surface area contributed by atoms with Crippen molar-refractivity contribution in [3.8, 4) is 10.7 Å². The lowest BCUT2D eigenvalue weighted by Crippen LogP contribution is -1.79. The summed E-state index contributed by atoms with van der Waals surface area (Å²) >= 11 is 6.38. The van der Waals surface area contributed by atoms with Crippen LogP contribution in [0.5, 0.6) is 0 Å². The molecule has 0 spiro atoms. The highest BCUT2D eigenvalue weighted by molar-refractivity contribution is 7.71. The van der Waals surface area contributed by atoms with E-state index in [1.54, 1.807) is 16.8 Å². The molecule has 2 rings (SSSR count). The molecule has 62 valence electrons. The van der Waals surface area contributed by atoms with E-state index in [4.69, 9.17) is 12.2 Å². The van der Waals surface area contributed by atoms with Crippen molar-refractivity contribution in [1.29, 1.82) is 0 Å². The predicted molar refractivity (Wildman–Crippen MR) is 49.6 cm³/mol. The number of nitrogens with one attached hydrogen (secondary N) is 2. The van der Waals surface area contributed by atoms with Crippen molar-refractivity contribution in [3.05, 3.63) is 16.0 Å². The van der Waals surface area contributed by atoms with Crippen molar-refractivity contribution in [2.45, 2.75) is 6.92 Å². The van der Waals surface area contributed by atoms with Crippen LogP contribution in [0, 0.1) is 11.7 Å². The summed E-state index contributed by atoms with van der Waals surface area (Å²) in [5, 5.41) is 5.62. The first kappa shape index (κ1) is 7.63. The summed E-state index contributed by atoms with van der Waals surface area (Å²) in [4.78, 5) is 9.23. The number of aryl methyl sites for hydroxylation is 1. The Bertz CT molecular complexity index is 438. The lowest BCUT2D eigenvalue weighted by molar-refractivity contribution is 1.08. The van der Waals surface area contributed by atoms with E-state index < -0.39 is 0 Å². The second-order valence-electron chi connectivity index (χ2n) is 2.28. The summed E-state index contributed by atoms with van der Waals surface area (Å²) in [5.74, 6) is 0.764. The Labute approximate surface area is 77.7 Å². The molecule has 0 bridgehead atoms. The highest BCUT2D eigenvalue weighted by atomic mass is 32.1. The number of rotatable bonds is 1. The van der Waals surface area contributed by atoms with Gasteiger partial charge in [0, 0.05) is 0 Å². The zero-order valence-electron chi connectivity index (χ0n) is 6.29. The van der Waals surface area contributed by atoms with Crippen LogP contribution in [-0.2, 0) is 0 Å². The molecule has 0 aromatic carbocycles. The Morgan fingerprint density at radius 2 is 2.33 bits per heavy atom. The Hall–Kier alpha value is -1.01. The topological polar surface area (TPSA) is 57.4 Å². The van der Waals surface area contributed by atoms with E-state index in [-0.39, 0.29) is 0 Å². The molecule has 2 aromatic heterocycles. The van der Waals surface area contributed by atoms with E-state index in [2.05, 4.69) is 20.2 Å². The van der Waals surface area contributed by atoms with Crippen LogP contribution in [0.1, 0.15) is 5.69 Å². The van der Waals surface area contributed by atoms with Gasteiger partial charge in [-0.25, -0.2) is 4.98 Å². The molecule has 4 nitrogen and oxygen atoms in total. The van der Waals surface area contributed by atoms with Gasteiger partial charge in [0.05, 0.1) is 16.1 Å². The molecular weight excluding hydrogens is 192 g/mol. The van der Waals surface area contributed by atoms with Crippen molar-refractivity contribution in [2.24, 2.45) is 0 Å². The predicted octanol–water partition coefficient (Wildman–Crippen LogP) is 1.90. The fraction of sp³-hybridized carbons (Fsp3) is 0.167. The first-order valence-corrected chi connectivity index (χ1v) is 4.61. The van der Waals surface area contributed by atoms with E-state index in [0.29, 0.717) is 4.77 Å². The molecule has 12 heavy (non-hydrogen) atoms. The molecule has 0 amide bonds. The van der Waals surface area contributed by atoms with Crippen molar-refractivity contribution in [3.63, 3.8) is 0 Å². The standard InChI is InChI=1S/C6H6N4S2/c1-3-4(12-2-7-3)5-8-6(11)10-9-5/h2H,1H3,(H2,8,9,10,11). The molecule has 0 aliphatic rings. The Kier molecular flexibility index (Phi) is 1.78. The number of hydrogen-bond acceptors (Lipinski definition) is 4. The fourth-order valence-corrected chi connectivity index (χ4v) is 1.80. The first-order chi connectivity index (χ1) is 5.77. The number of thiazole rings is 1. The van der Waals surface area contributed by atoms with Gasteiger partial charge >= 0.3 is 0 Å². The molecule has 0 fully saturated rings. The first-order valence-electron chi connectivity index (χ1n) is 3.32. The zero-order valence-corrected chi connectivity index (χ0v) is 7.92. The molecule has 0 saturated carbocycles. The van der Waals surface area contributed by atoms with Gasteiger partial charge < -0.3 is 0 Å². The summed E-state index contributed by atoms with van der Waals surface area (Å²) in [6, 6.07) is 0. The lowest BCUT2D eigenvalue weighted by Gasteiger charge is -1.88. The molecule has 0 saturated heterocycles. The highest BCUT2D eigenvalue weighted by Crippen LogP contribution is 2.22. The summed E-state index contributed by atoms with van der Waals surface area (Å²) < 4.78 is 0.470. The van der Waals surface area contributed by atoms with Crippen molar-refractivity contribution in [1.82, 2.24) is 20.2 Å². The SMILES string of the molecule is Cc1ncsc1-c1nc(=S)[nH][nH]1. The van der Waals surface area contributed by atoms with Gasteiger partial charge in [0.1, 0.15) is 0 Å². The normalized spacial score (nSPS) is 10.4. The Morgan fingerprint density at radius 3 is 2.83 bits per heavy atom. The van der Waals surface area contributed by atoms with E-state index in [1.165, 1.54) is 0 Å². The summed E-state index contributed by atoms with van der Waals surface area (Å²) in [5.41, 5.74) is 2.76. The second kappa shape index (κ2) is 2.80. The summed E-state index contributed by atoms with van der Waals surface area (Å²) in [6.07, 6.45) is 0. The van der Waals surface area contributed by atoms with Gasteiger partial charge in [0.15, 0.2) is 5.82 Å². The average molecular weight is 198 g/mol. The molecular formula is C6H6N4S2. The smallest absolute Gasteiger partial charge is 0.213 e. The number of aromatic amines is 2. The lowest BCUT2D eigenvalue weighted by atomic mass is 10.4. The molecule has 0 radical (unpaired) electrons. The van der Waals surface area contributed by atoms with Crippen LogP contribution in [0.2, 0.25) is 0 Å². The van der Waals surface area contributed by atoms with Crippen LogP contribution in [0.25, 0.3) is 10.7 Å². The van der Waals surface area contributed by atoms with E-state index in [9.17, 15) is 0 Å². The minimum Gasteiger partial charge on any atom is -0.281 e. The molecule has 6 heteroatoms. The number of H-pyrrole nitrogens is 2. The number of hydrogen-bond donors (Lipinski definition) is 2. The maximum Gasteiger partial charge on any atom is 0.213 e. The van der Waals surface area contributed by atoms with Crippen LogP contribution in [0.3, 0.4) is 0 Å². The van der Waals surface area contributed by atoms with E-state index in [0.717, 1.165) is 16.4 Å². The van der Waals surface area contributed by atoms with Crippen LogP contribution in [-0.4, -0.2) is 20.2 Å². The maximum atomic E-state index is 4.84. The van der Waals surface area contributed by atoms with Crippen LogP contribution < -0.4 is 0 Å². The Morgan fingerprint density at radius 1 is 1.50 bits per heavy atom. The summed E-state index contributed by atoms with van der Waals surface area (Å²) in [7, 11) is 0. The third kappa shape index (κ3) is 1.19. The van der Waals surface area contributed by atoms with Gasteiger partial charge in [-0.15, -0.1) is 11.3 Å². The van der Waals surface area contributed by atoms with Crippen molar-refractivity contribution >= 4 is 23.6 Å². The fourth-order valence-electron chi connectivity index (χ4n) is 0.907. The molecule has 0 aliphatic carbocycles. The summed E-state index contributed by atoms with van der Waals surface area (Å²) in [6.45, 7) is 1.94. The molecule has 2 aromatic rings. The van der Waals surface area contributed by atoms with Gasteiger partial charge in [-0.2, -0.15) is 4.98 Å². The van der Waals surface area contributed by atoms with E-state index >= 15 is 0 Å². The second-order valence-corrected chi connectivity index (χ2v) is 3.52. The van der Waals surface area contributed by atoms with Gasteiger partial charge in [-0.3, -0.25) is 10.2 Å². The molecule has 2 heterocycles. The minimum absolute atomic E-state index is 0.470. The van der Waals surface area contributed by atoms with Crippen LogP contribution in [0.4, 0.5) is 0 Å². The zero-order chi connectivity index (χ0) is 8.55. The highest BCUT2D eigenvalue weighted by Gasteiger charge is 2.06. The van der Waals surface area contributed by atoms with Gasteiger partial charge in [0.2, 0.25) is 4.77 Å². The van der Waals surface area contributed by atoms with Crippen molar-refractivity contribution in [2.75, 3.05) is 0 Å². The average Bonchev–Trinajstić information content (AvgIpc) is 2.58. The Balaban J connectivity index is 2.57. The van der Waals surface area contributed by atoms with Gasteiger partial charge in [-0.1, -0.05) is 0 Å². The monoisotopic (exact) mass is 198 g/mol. The van der Waals surface area contributed by atoms with E-state index in [1.807, 2.05) is 6.92 Å². The van der Waals surface area contributed by atoms with Gasteiger partial charge in [-0.05, 0) is 19.1 Å². The molecule has 2 N–H and O–H groups in total. The number of nitrogens with zero attached hydrogens (tertiary/aromatic N) is 2. The van der Waals surface area contributed by atoms with Crippen molar-refractivity contribution < 1.29 is 0 Å². The van der Waals surface area contributed by atoms with Gasteiger partial charge in [0.25, 0.3) is 0 Å². The van der Waals surface area contributed by atoms with Crippen LogP contribution >= 0.6 is 23.6 Å². The molecule has 0 atom stereocenters. The number of aromatic nitrogens is 4. The molecule has 0 aliphatic heterocycles. The third-order valence-corrected chi connectivity index (χ3v) is 2.59. The quantitative estimate of drug-likeness (QED) is 0.688. The molecule has 0 unspecified atom stereocenters. The largest absolute Gasteiger partial charge is 0.281 e. The third-order valence-electron chi connectivity index (χ3n) is 1.46. The minimum atomic E-state index is 0.470.